The molecule has 6 rings (SSSR count). The van der Waals surface area contributed by atoms with E-state index in [9.17, 15) is 18.7 Å². The maximum atomic E-state index is 15.4. The highest BCUT2D eigenvalue weighted by atomic mass is 19.1. The van der Waals surface area contributed by atoms with Crippen LogP contribution in [-0.2, 0) is 4.79 Å². The van der Waals surface area contributed by atoms with Gasteiger partial charge in [0.05, 0.1) is 11.5 Å². The number of H-pyrrole nitrogens is 2. The molecule has 39 heavy (non-hydrogen) atoms. The van der Waals surface area contributed by atoms with Gasteiger partial charge < -0.3 is 19.8 Å². The lowest BCUT2D eigenvalue weighted by molar-refractivity contribution is -0.138. The minimum absolute atomic E-state index is 0.0459. The third-order valence-electron chi connectivity index (χ3n) is 7.52. The van der Waals surface area contributed by atoms with E-state index in [1.807, 2.05) is 6.07 Å². The molecule has 0 spiro atoms. The minimum atomic E-state index is -0.924. The van der Waals surface area contributed by atoms with Crippen molar-refractivity contribution in [3.8, 4) is 22.9 Å². The maximum absolute atomic E-state index is 15.4. The number of aryl methyl sites for hydroxylation is 1. The van der Waals surface area contributed by atoms with Crippen LogP contribution >= 0.6 is 0 Å². The molecule has 3 N–H and O–H groups in total. The zero-order valence-corrected chi connectivity index (χ0v) is 21.1. The monoisotopic (exact) mass is 531 g/mol. The Labute approximate surface area is 221 Å². The third kappa shape index (κ3) is 4.33. The topological polar surface area (TPSA) is 91.0 Å². The van der Waals surface area contributed by atoms with Crippen LogP contribution in [0.4, 0.5) is 13.2 Å². The molecule has 0 radical (unpaired) electrons. The van der Waals surface area contributed by atoms with E-state index in [0.29, 0.717) is 34.3 Å². The number of hydrogen-bond acceptors (Lipinski definition) is 3. The van der Waals surface area contributed by atoms with Crippen LogP contribution in [0.25, 0.3) is 22.3 Å². The Hall–Kier alpha value is -4.53. The standard InChI is InChI=1S/C30H24F3N3O3/c1-14(18-4-3-5-19(27(18)33)20-11-21(20)30(37)38)26-13-35-29(36-26)22-10-16(6-7-23(22)31)39-28-15(2)17-8-9-34-25(17)12-24(28)32/h3-10,12-14,20-21,34H,11H2,1-2H3,(H,35,36)(H,37,38). The molecule has 0 bridgehead atoms. The van der Waals surface area contributed by atoms with Gasteiger partial charge in [-0.2, -0.15) is 0 Å². The summed E-state index contributed by atoms with van der Waals surface area (Å²) < 4.78 is 50.9. The molecular weight excluding hydrogens is 507 g/mol. The van der Waals surface area contributed by atoms with E-state index in [1.54, 1.807) is 38.2 Å². The van der Waals surface area contributed by atoms with Crippen LogP contribution in [0, 0.1) is 30.3 Å². The number of nitrogens with zero attached hydrogens (tertiary/aromatic N) is 1. The largest absolute Gasteiger partial charge is 0.481 e. The average Bonchev–Trinajstić information content (AvgIpc) is 3.31. The molecule has 5 aromatic rings. The van der Waals surface area contributed by atoms with Gasteiger partial charge in [0.25, 0.3) is 0 Å². The van der Waals surface area contributed by atoms with E-state index in [-0.39, 0.29) is 28.8 Å². The van der Waals surface area contributed by atoms with Gasteiger partial charge in [-0.15, -0.1) is 0 Å². The summed E-state index contributed by atoms with van der Waals surface area (Å²) in [5.41, 5.74) is 2.71. The molecule has 3 aromatic carbocycles. The van der Waals surface area contributed by atoms with Gasteiger partial charge in [-0.25, -0.2) is 18.2 Å². The molecule has 0 amide bonds. The number of aliphatic carboxylic acids is 1. The van der Waals surface area contributed by atoms with Crippen molar-refractivity contribution >= 4 is 16.9 Å². The summed E-state index contributed by atoms with van der Waals surface area (Å²) in [6.07, 6.45) is 3.64. The van der Waals surface area contributed by atoms with Gasteiger partial charge in [0.2, 0.25) is 0 Å². The summed E-state index contributed by atoms with van der Waals surface area (Å²) in [4.78, 5) is 21.6. The summed E-state index contributed by atoms with van der Waals surface area (Å²) in [5, 5.41) is 10.0. The molecule has 198 valence electrons. The molecule has 6 nitrogen and oxygen atoms in total. The van der Waals surface area contributed by atoms with Crippen LogP contribution in [0.15, 0.2) is 60.9 Å². The molecule has 9 heteroatoms. The van der Waals surface area contributed by atoms with Gasteiger partial charge in [0.15, 0.2) is 11.6 Å². The van der Waals surface area contributed by atoms with Crippen LogP contribution in [-0.4, -0.2) is 26.0 Å². The number of benzene rings is 3. The molecule has 2 heterocycles. The second-order valence-electron chi connectivity index (χ2n) is 9.94. The third-order valence-corrected chi connectivity index (χ3v) is 7.52. The van der Waals surface area contributed by atoms with Crippen molar-refractivity contribution in [2.75, 3.05) is 0 Å². The number of fused-ring (bicyclic) bond motifs is 1. The predicted molar refractivity (Wildman–Crippen MR) is 139 cm³/mol. The highest BCUT2D eigenvalue weighted by molar-refractivity contribution is 5.85. The van der Waals surface area contributed by atoms with E-state index in [1.165, 1.54) is 30.5 Å². The molecular formula is C30H24F3N3O3. The summed E-state index contributed by atoms with van der Waals surface area (Å²) in [6.45, 7) is 3.54. The van der Waals surface area contributed by atoms with Crippen LogP contribution in [0.2, 0.25) is 0 Å². The lowest BCUT2D eigenvalue weighted by atomic mass is 9.94. The van der Waals surface area contributed by atoms with E-state index < -0.39 is 35.3 Å². The fourth-order valence-corrected chi connectivity index (χ4v) is 5.18. The second-order valence-corrected chi connectivity index (χ2v) is 9.94. The number of ether oxygens (including phenoxy) is 1. The van der Waals surface area contributed by atoms with Gasteiger partial charge in [0.1, 0.15) is 23.2 Å². The Morgan fingerprint density at radius 2 is 1.95 bits per heavy atom. The van der Waals surface area contributed by atoms with E-state index >= 15 is 4.39 Å². The molecule has 2 aromatic heterocycles. The molecule has 1 saturated carbocycles. The molecule has 1 aliphatic carbocycles. The van der Waals surface area contributed by atoms with Crippen molar-refractivity contribution < 1.29 is 27.8 Å². The number of aromatic amines is 2. The van der Waals surface area contributed by atoms with Gasteiger partial charge in [-0.05, 0) is 48.7 Å². The van der Waals surface area contributed by atoms with Gasteiger partial charge in [-0.1, -0.05) is 25.1 Å². The van der Waals surface area contributed by atoms with Gasteiger partial charge in [-0.3, -0.25) is 4.79 Å². The fourth-order valence-electron chi connectivity index (χ4n) is 5.18. The number of carboxylic acids is 1. The highest BCUT2D eigenvalue weighted by Crippen LogP contribution is 2.49. The van der Waals surface area contributed by atoms with Gasteiger partial charge in [0, 0.05) is 52.5 Å². The number of halogens is 3. The number of carbonyl (C=O) groups is 1. The number of aromatic nitrogens is 3. The van der Waals surface area contributed by atoms with E-state index in [0.717, 1.165) is 5.39 Å². The summed E-state index contributed by atoms with van der Waals surface area (Å²) in [7, 11) is 0. The lowest BCUT2D eigenvalue weighted by Crippen LogP contribution is -2.05. The number of hydrogen-bond donors (Lipinski definition) is 3. The Balaban J connectivity index is 1.28. The first-order valence-corrected chi connectivity index (χ1v) is 12.5. The smallest absolute Gasteiger partial charge is 0.307 e. The van der Waals surface area contributed by atoms with Crippen molar-refractivity contribution in [1.82, 2.24) is 15.0 Å². The zero-order valence-electron chi connectivity index (χ0n) is 21.1. The highest BCUT2D eigenvalue weighted by Gasteiger charge is 2.45. The zero-order chi connectivity index (χ0) is 27.4. The van der Waals surface area contributed by atoms with Crippen LogP contribution in [0.1, 0.15) is 47.6 Å². The average molecular weight is 532 g/mol. The minimum Gasteiger partial charge on any atom is -0.481 e. The summed E-state index contributed by atoms with van der Waals surface area (Å²) >= 11 is 0. The van der Waals surface area contributed by atoms with Crippen molar-refractivity contribution in [1.29, 1.82) is 0 Å². The first-order chi connectivity index (χ1) is 18.7. The number of rotatable bonds is 7. The first kappa shape index (κ1) is 24.8. The normalized spacial score (nSPS) is 17.4. The molecule has 0 saturated heterocycles. The SMILES string of the molecule is Cc1c(Oc2ccc(F)c(-c3ncc(C(C)c4cccc(C5CC5C(=O)O)c4F)[nH]3)c2)c(F)cc2[nH]ccc12. The molecule has 1 fully saturated rings. The van der Waals surface area contributed by atoms with Crippen LogP contribution < -0.4 is 4.74 Å². The predicted octanol–water partition coefficient (Wildman–Crippen LogP) is 7.42. The molecule has 3 unspecified atom stereocenters. The number of imidazole rings is 1. The van der Waals surface area contributed by atoms with Crippen LogP contribution in [0.3, 0.4) is 0 Å². The lowest BCUT2D eigenvalue weighted by Gasteiger charge is -2.14. The quantitative estimate of drug-likeness (QED) is 0.204. The second kappa shape index (κ2) is 9.34. The van der Waals surface area contributed by atoms with E-state index in [2.05, 4.69) is 15.0 Å². The van der Waals surface area contributed by atoms with Crippen molar-refractivity contribution in [2.45, 2.75) is 32.1 Å². The summed E-state index contributed by atoms with van der Waals surface area (Å²) in [6, 6.07) is 12.2. The molecule has 3 atom stereocenters. The Morgan fingerprint density at radius 1 is 1.13 bits per heavy atom. The first-order valence-electron chi connectivity index (χ1n) is 12.5. The maximum Gasteiger partial charge on any atom is 0.307 e. The molecule has 0 aliphatic heterocycles. The fraction of sp³-hybridized carbons (Fsp3) is 0.200. The van der Waals surface area contributed by atoms with Gasteiger partial charge >= 0.3 is 5.97 Å². The number of nitrogens with one attached hydrogen (secondary N) is 2. The van der Waals surface area contributed by atoms with Crippen molar-refractivity contribution in [3.63, 3.8) is 0 Å². The Kier molecular flexibility index (Phi) is 5.94. The van der Waals surface area contributed by atoms with Crippen LogP contribution in [0.5, 0.6) is 11.5 Å². The summed E-state index contributed by atoms with van der Waals surface area (Å²) in [5.74, 6) is -3.35. The van der Waals surface area contributed by atoms with Crippen molar-refractivity contribution in [2.24, 2.45) is 5.92 Å². The molecule has 1 aliphatic rings. The number of carboxylic acid groups (broad SMARTS) is 1. The van der Waals surface area contributed by atoms with Crippen molar-refractivity contribution in [3.05, 3.63) is 101 Å². The Bertz CT molecular complexity index is 1740. The van der Waals surface area contributed by atoms with E-state index in [4.69, 9.17) is 4.74 Å². The Morgan fingerprint density at radius 3 is 2.72 bits per heavy atom.